The lowest BCUT2D eigenvalue weighted by atomic mass is 9.85. The fourth-order valence-electron chi connectivity index (χ4n) is 4.21. The molecule has 10 heteroatoms. The number of piperidine rings is 1. The van der Waals surface area contributed by atoms with Gasteiger partial charge in [0, 0.05) is 35.6 Å². The molecule has 0 spiro atoms. The number of hydrogen-bond acceptors (Lipinski definition) is 7. The van der Waals surface area contributed by atoms with Crippen LogP contribution in [0.4, 0.5) is 5.69 Å². The minimum Gasteiger partial charge on any atom is -0.339 e. The maximum atomic E-state index is 13.3. The third kappa shape index (κ3) is 4.60. The second-order valence-electron chi connectivity index (χ2n) is 8.80. The Balaban J connectivity index is 1.28. The van der Waals surface area contributed by atoms with Crippen molar-refractivity contribution in [3.05, 3.63) is 47.2 Å². The molecule has 5 rings (SSSR count). The molecule has 3 aromatic rings. The van der Waals surface area contributed by atoms with Gasteiger partial charge in [-0.05, 0) is 56.4 Å². The number of sulfonamides is 1. The van der Waals surface area contributed by atoms with Crippen LogP contribution in [0, 0.1) is 12.8 Å². The third-order valence-corrected chi connectivity index (χ3v) is 9.64. The first-order valence-electron chi connectivity index (χ1n) is 11.2. The molecule has 0 unspecified atom stereocenters. The highest BCUT2D eigenvalue weighted by Gasteiger charge is 2.34. The van der Waals surface area contributed by atoms with Crippen LogP contribution in [0.25, 0.3) is 11.4 Å². The number of carbonyl (C=O) groups excluding carboxylic acids is 1. The lowest BCUT2D eigenvalue weighted by molar-refractivity contribution is -0.120. The number of aryl methyl sites for hydroxylation is 1. The molecule has 2 fully saturated rings. The summed E-state index contributed by atoms with van der Waals surface area (Å²) in [6.45, 7) is 2.53. The van der Waals surface area contributed by atoms with Crippen molar-refractivity contribution in [2.45, 2.75) is 49.2 Å². The van der Waals surface area contributed by atoms with E-state index in [2.05, 4.69) is 15.5 Å². The first-order valence-corrected chi connectivity index (χ1v) is 13.5. The van der Waals surface area contributed by atoms with Crippen LogP contribution in [0.5, 0.6) is 0 Å². The van der Waals surface area contributed by atoms with Crippen molar-refractivity contribution in [2.24, 2.45) is 5.92 Å². The number of anilines is 1. The highest BCUT2D eigenvalue weighted by molar-refractivity contribution is 7.91. The minimum absolute atomic E-state index is 0.150. The zero-order chi connectivity index (χ0) is 23.0. The summed E-state index contributed by atoms with van der Waals surface area (Å²) in [5.41, 5.74) is 2.42. The van der Waals surface area contributed by atoms with Gasteiger partial charge in [-0.2, -0.15) is 9.29 Å². The Bertz CT molecular complexity index is 1260. The lowest BCUT2D eigenvalue weighted by Crippen LogP contribution is -2.43. The summed E-state index contributed by atoms with van der Waals surface area (Å²) in [6.07, 6.45) is 4.57. The van der Waals surface area contributed by atoms with Gasteiger partial charge in [0.25, 0.3) is 10.0 Å². The predicted octanol–water partition coefficient (Wildman–Crippen LogP) is 4.41. The Kier molecular flexibility index (Phi) is 6.07. The number of nitrogens with one attached hydrogen (secondary N) is 1. The number of thiophene rings is 1. The molecule has 0 radical (unpaired) electrons. The lowest BCUT2D eigenvalue weighted by Gasteiger charge is -2.30. The average Bonchev–Trinajstić information content (AvgIpc) is 3.43. The van der Waals surface area contributed by atoms with Crippen LogP contribution in [0.15, 0.2) is 44.4 Å². The summed E-state index contributed by atoms with van der Waals surface area (Å²) in [7, 11) is -3.71. The Morgan fingerprint density at radius 2 is 2.06 bits per heavy atom. The quantitative estimate of drug-likeness (QED) is 0.553. The molecule has 33 heavy (non-hydrogen) atoms. The second kappa shape index (κ2) is 9.00. The van der Waals surface area contributed by atoms with Crippen LogP contribution in [0.1, 0.15) is 49.5 Å². The number of benzene rings is 1. The molecule has 1 atom stereocenters. The summed E-state index contributed by atoms with van der Waals surface area (Å²) in [5, 5.41) is 8.71. The largest absolute Gasteiger partial charge is 0.339 e. The first kappa shape index (κ1) is 22.2. The summed E-state index contributed by atoms with van der Waals surface area (Å²) < 4.78 is 33.6. The molecule has 2 aromatic heterocycles. The van der Waals surface area contributed by atoms with Gasteiger partial charge in [-0.15, -0.1) is 11.3 Å². The van der Waals surface area contributed by atoms with Crippen molar-refractivity contribution in [3.63, 3.8) is 0 Å². The summed E-state index contributed by atoms with van der Waals surface area (Å²) >= 11 is 1.14. The van der Waals surface area contributed by atoms with Gasteiger partial charge < -0.3 is 9.84 Å². The molecular formula is C23H26N4O4S2. The van der Waals surface area contributed by atoms with Gasteiger partial charge in [-0.25, -0.2) is 8.42 Å². The number of aromatic nitrogens is 2. The number of carbonyl (C=O) groups is 1. The van der Waals surface area contributed by atoms with Crippen molar-refractivity contribution >= 4 is 33.0 Å². The zero-order valence-corrected chi connectivity index (χ0v) is 20.0. The SMILES string of the molecule is Cc1cccc(NC(=O)[C@@H]2CCCN(S(=O)(=O)c3cc(-c4noc(C5CCC5)n4)cs3)C2)c1. The molecule has 1 aromatic carbocycles. The number of nitrogens with zero attached hydrogens (tertiary/aromatic N) is 3. The normalized spacial score (nSPS) is 19.8. The van der Waals surface area contributed by atoms with E-state index in [9.17, 15) is 13.2 Å². The van der Waals surface area contributed by atoms with Gasteiger partial charge >= 0.3 is 0 Å². The predicted molar refractivity (Wildman–Crippen MR) is 125 cm³/mol. The smallest absolute Gasteiger partial charge is 0.252 e. The Morgan fingerprint density at radius 3 is 2.82 bits per heavy atom. The van der Waals surface area contributed by atoms with E-state index >= 15 is 0 Å². The van der Waals surface area contributed by atoms with Crippen LogP contribution in [-0.2, 0) is 14.8 Å². The monoisotopic (exact) mass is 486 g/mol. The molecule has 1 saturated heterocycles. The molecule has 174 valence electrons. The topological polar surface area (TPSA) is 105 Å². The minimum atomic E-state index is -3.71. The van der Waals surface area contributed by atoms with Crippen LogP contribution in [0.3, 0.4) is 0 Å². The van der Waals surface area contributed by atoms with Crippen LogP contribution < -0.4 is 5.32 Å². The van der Waals surface area contributed by atoms with E-state index in [1.54, 1.807) is 11.4 Å². The molecule has 1 aliphatic carbocycles. The van der Waals surface area contributed by atoms with Crippen LogP contribution in [-0.4, -0.2) is 41.9 Å². The number of hydrogen-bond donors (Lipinski definition) is 1. The Hall–Kier alpha value is -2.56. The second-order valence-corrected chi connectivity index (χ2v) is 11.9. The fraction of sp³-hybridized carbons (Fsp3) is 0.435. The first-order chi connectivity index (χ1) is 15.9. The maximum Gasteiger partial charge on any atom is 0.252 e. The van der Waals surface area contributed by atoms with Crippen LogP contribution >= 0.6 is 11.3 Å². The Morgan fingerprint density at radius 1 is 1.21 bits per heavy atom. The highest BCUT2D eigenvalue weighted by Crippen LogP contribution is 2.37. The van der Waals surface area contributed by atoms with E-state index in [4.69, 9.17) is 4.52 Å². The van der Waals surface area contributed by atoms with E-state index < -0.39 is 15.9 Å². The molecule has 1 amide bonds. The van der Waals surface area contributed by atoms with Gasteiger partial charge in [0.1, 0.15) is 4.21 Å². The molecule has 2 aliphatic rings. The fourth-order valence-corrected chi connectivity index (χ4v) is 7.05. The van der Waals surface area contributed by atoms with Crippen LogP contribution in [0.2, 0.25) is 0 Å². The molecule has 1 N–H and O–H groups in total. The van der Waals surface area contributed by atoms with Crippen molar-refractivity contribution in [3.8, 4) is 11.4 Å². The molecular weight excluding hydrogens is 460 g/mol. The van der Waals surface area contributed by atoms with Crippen molar-refractivity contribution in [2.75, 3.05) is 18.4 Å². The van der Waals surface area contributed by atoms with Gasteiger partial charge in [0.2, 0.25) is 17.6 Å². The van der Waals surface area contributed by atoms with E-state index in [0.29, 0.717) is 42.6 Å². The van der Waals surface area contributed by atoms with Crippen molar-refractivity contribution in [1.29, 1.82) is 0 Å². The summed E-state index contributed by atoms with van der Waals surface area (Å²) in [4.78, 5) is 17.3. The number of rotatable bonds is 6. The standard InChI is InChI=1S/C23H26N4O4S2/c1-15-5-2-9-19(11-15)24-22(28)17-8-4-10-27(13-17)33(29,30)20-12-18(14-32-20)21-25-23(31-26-21)16-6-3-7-16/h2,5,9,11-12,14,16-17H,3-4,6-8,10,13H2,1H3,(H,24,28)/t17-/m1/s1. The molecule has 8 nitrogen and oxygen atoms in total. The summed E-state index contributed by atoms with van der Waals surface area (Å²) in [5.74, 6) is 0.830. The van der Waals surface area contributed by atoms with Gasteiger partial charge in [0.15, 0.2) is 0 Å². The molecule has 1 aliphatic heterocycles. The van der Waals surface area contributed by atoms with Gasteiger partial charge in [0.05, 0.1) is 5.92 Å². The average molecular weight is 487 g/mol. The Labute approximate surface area is 197 Å². The summed E-state index contributed by atoms with van der Waals surface area (Å²) in [6, 6.07) is 9.19. The highest BCUT2D eigenvalue weighted by atomic mass is 32.2. The van der Waals surface area contributed by atoms with E-state index in [-0.39, 0.29) is 16.7 Å². The molecule has 1 saturated carbocycles. The van der Waals surface area contributed by atoms with E-state index in [0.717, 1.165) is 35.4 Å². The molecule has 0 bridgehead atoms. The van der Waals surface area contributed by atoms with Gasteiger partial charge in [-0.3, -0.25) is 4.79 Å². The molecule has 3 heterocycles. The third-order valence-electron chi connectivity index (χ3n) is 6.36. The zero-order valence-electron chi connectivity index (χ0n) is 18.4. The van der Waals surface area contributed by atoms with E-state index in [1.165, 1.54) is 10.7 Å². The number of amides is 1. The van der Waals surface area contributed by atoms with Crippen molar-refractivity contribution in [1.82, 2.24) is 14.4 Å². The van der Waals surface area contributed by atoms with Gasteiger partial charge in [-0.1, -0.05) is 23.7 Å². The van der Waals surface area contributed by atoms with Crippen molar-refractivity contribution < 1.29 is 17.7 Å². The van der Waals surface area contributed by atoms with E-state index in [1.807, 2.05) is 31.2 Å². The maximum absolute atomic E-state index is 13.3.